The van der Waals surface area contributed by atoms with Crippen LogP contribution in [-0.2, 0) is 19.1 Å². The summed E-state index contributed by atoms with van der Waals surface area (Å²) in [5.74, 6) is 1.36. The number of imidazole rings is 1. The highest BCUT2D eigenvalue weighted by atomic mass is 19.4. The minimum absolute atomic E-state index is 0.200. The minimum Gasteiger partial charge on any atom is -0.334 e. The summed E-state index contributed by atoms with van der Waals surface area (Å²) in [7, 11) is 0. The standard InChI is InChI=1S/C14H17F3N4/c1-9(2)13-18-5-7-21(13)6-4-12-19-10(3)8-11(20-12)14(15,16)17/h5,7-9H,4,6H2,1-3H3. The van der Waals surface area contributed by atoms with Gasteiger partial charge in [0.15, 0.2) is 0 Å². The van der Waals surface area contributed by atoms with Crippen LogP contribution in [0.5, 0.6) is 0 Å². The molecule has 4 nitrogen and oxygen atoms in total. The molecule has 0 radical (unpaired) electrons. The first-order valence-corrected chi connectivity index (χ1v) is 6.70. The molecule has 0 saturated heterocycles. The van der Waals surface area contributed by atoms with Gasteiger partial charge in [0.1, 0.15) is 17.3 Å². The zero-order valence-electron chi connectivity index (χ0n) is 12.1. The number of alkyl halides is 3. The van der Waals surface area contributed by atoms with Crippen LogP contribution in [0.4, 0.5) is 13.2 Å². The average molecular weight is 298 g/mol. The number of aromatic nitrogens is 4. The van der Waals surface area contributed by atoms with E-state index < -0.39 is 11.9 Å². The van der Waals surface area contributed by atoms with Crippen LogP contribution in [-0.4, -0.2) is 19.5 Å². The fraction of sp³-hybridized carbons (Fsp3) is 0.500. The third kappa shape index (κ3) is 3.80. The Kier molecular flexibility index (Phi) is 4.29. The lowest BCUT2D eigenvalue weighted by atomic mass is 10.2. The lowest BCUT2D eigenvalue weighted by Crippen LogP contribution is -2.14. The Morgan fingerprint density at radius 3 is 2.57 bits per heavy atom. The van der Waals surface area contributed by atoms with Crippen molar-refractivity contribution in [3.8, 4) is 0 Å². The quantitative estimate of drug-likeness (QED) is 0.869. The molecule has 114 valence electrons. The van der Waals surface area contributed by atoms with E-state index in [1.165, 1.54) is 6.92 Å². The maximum atomic E-state index is 12.7. The summed E-state index contributed by atoms with van der Waals surface area (Å²) in [4.78, 5) is 11.9. The van der Waals surface area contributed by atoms with E-state index in [0.717, 1.165) is 11.9 Å². The van der Waals surface area contributed by atoms with Gasteiger partial charge in [0.2, 0.25) is 0 Å². The fourth-order valence-electron chi connectivity index (χ4n) is 2.12. The van der Waals surface area contributed by atoms with Gasteiger partial charge in [-0.1, -0.05) is 13.8 Å². The van der Waals surface area contributed by atoms with Crippen molar-refractivity contribution in [3.05, 3.63) is 41.5 Å². The molecule has 0 bridgehead atoms. The number of halogens is 3. The summed E-state index contributed by atoms with van der Waals surface area (Å²) in [6.07, 6.45) is -0.606. The van der Waals surface area contributed by atoms with Gasteiger partial charge < -0.3 is 4.57 Å². The van der Waals surface area contributed by atoms with E-state index >= 15 is 0 Å². The molecule has 21 heavy (non-hydrogen) atoms. The smallest absolute Gasteiger partial charge is 0.334 e. The molecular formula is C14H17F3N4. The highest BCUT2D eigenvalue weighted by Crippen LogP contribution is 2.27. The van der Waals surface area contributed by atoms with Crippen LogP contribution in [0, 0.1) is 6.92 Å². The monoisotopic (exact) mass is 298 g/mol. The second kappa shape index (κ2) is 5.83. The molecule has 0 unspecified atom stereocenters. The summed E-state index contributed by atoms with van der Waals surface area (Å²) in [6.45, 7) is 6.08. The Morgan fingerprint density at radius 2 is 1.95 bits per heavy atom. The molecule has 0 spiro atoms. The maximum Gasteiger partial charge on any atom is 0.433 e. The molecule has 0 N–H and O–H groups in total. The summed E-state index contributed by atoms with van der Waals surface area (Å²) in [6, 6.07) is 0.959. The topological polar surface area (TPSA) is 43.6 Å². The van der Waals surface area contributed by atoms with Crippen LogP contribution in [0.15, 0.2) is 18.5 Å². The molecule has 2 aromatic rings. The highest BCUT2D eigenvalue weighted by Gasteiger charge is 2.33. The van der Waals surface area contributed by atoms with Crippen LogP contribution in [0.3, 0.4) is 0 Å². The lowest BCUT2D eigenvalue weighted by Gasteiger charge is -2.11. The molecule has 0 saturated carbocycles. The van der Waals surface area contributed by atoms with Crippen molar-refractivity contribution in [2.75, 3.05) is 0 Å². The van der Waals surface area contributed by atoms with Crippen LogP contribution in [0.1, 0.15) is 42.8 Å². The number of rotatable bonds is 4. The molecule has 0 aromatic carbocycles. The van der Waals surface area contributed by atoms with Gasteiger partial charge in [0.05, 0.1) is 0 Å². The molecular weight excluding hydrogens is 281 g/mol. The van der Waals surface area contributed by atoms with Gasteiger partial charge in [-0.05, 0) is 13.0 Å². The minimum atomic E-state index is -4.44. The number of nitrogens with zero attached hydrogens (tertiary/aromatic N) is 4. The van der Waals surface area contributed by atoms with Gasteiger partial charge in [0, 0.05) is 37.0 Å². The molecule has 0 aliphatic carbocycles. The summed E-state index contributed by atoms with van der Waals surface area (Å²) in [5, 5.41) is 0. The van der Waals surface area contributed by atoms with E-state index in [4.69, 9.17) is 0 Å². The van der Waals surface area contributed by atoms with Gasteiger partial charge in [0.25, 0.3) is 0 Å². The molecule has 0 aliphatic rings. The molecule has 0 amide bonds. The molecule has 2 rings (SSSR count). The zero-order chi connectivity index (χ0) is 15.6. The van der Waals surface area contributed by atoms with Gasteiger partial charge in [-0.15, -0.1) is 0 Å². The van der Waals surface area contributed by atoms with Crippen molar-refractivity contribution >= 4 is 0 Å². The van der Waals surface area contributed by atoms with Crippen LogP contribution >= 0.6 is 0 Å². The molecule has 0 fully saturated rings. The van der Waals surface area contributed by atoms with Crippen molar-refractivity contribution < 1.29 is 13.2 Å². The van der Waals surface area contributed by atoms with Gasteiger partial charge in [-0.25, -0.2) is 15.0 Å². The van der Waals surface area contributed by atoms with E-state index in [1.54, 1.807) is 6.20 Å². The molecule has 7 heteroatoms. The number of hydrogen-bond acceptors (Lipinski definition) is 3. The van der Waals surface area contributed by atoms with E-state index in [-0.39, 0.29) is 11.7 Å². The van der Waals surface area contributed by atoms with E-state index in [2.05, 4.69) is 15.0 Å². The first-order chi connectivity index (χ1) is 9.77. The predicted octanol–water partition coefficient (Wildman–Crippen LogP) is 3.37. The molecule has 2 aromatic heterocycles. The SMILES string of the molecule is Cc1cc(C(F)(F)F)nc(CCn2ccnc2C(C)C)n1. The number of aryl methyl sites for hydroxylation is 3. The van der Waals surface area contributed by atoms with E-state index in [0.29, 0.717) is 18.7 Å². The Labute approximate surface area is 121 Å². The largest absolute Gasteiger partial charge is 0.433 e. The third-order valence-corrected chi connectivity index (χ3v) is 3.03. The molecule has 0 atom stereocenters. The second-order valence-corrected chi connectivity index (χ2v) is 5.19. The first-order valence-electron chi connectivity index (χ1n) is 6.70. The van der Waals surface area contributed by atoms with Crippen LogP contribution < -0.4 is 0 Å². The lowest BCUT2D eigenvalue weighted by molar-refractivity contribution is -0.141. The van der Waals surface area contributed by atoms with Crippen molar-refractivity contribution in [1.82, 2.24) is 19.5 Å². The summed E-state index contributed by atoms with van der Waals surface area (Å²) < 4.78 is 40.1. The van der Waals surface area contributed by atoms with Crippen molar-refractivity contribution in [3.63, 3.8) is 0 Å². The van der Waals surface area contributed by atoms with Crippen LogP contribution in [0.2, 0.25) is 0 Å². The number of hydrogen-bond donors (Lipinski definition) is 0. The average Bonchev–Trinajstić information content (AvgIpc) is 2.83. The van der Waals surface area contributed by atoms with Gasteiger partial charge in [-0.3, -0.25) is 0 Å². The zero-order valence-corrected chi connectivity index (χ0v) is 12.1. The maximum absolute atomic E-state index is 12.7. The molecule has 0 aliphatic heterocycles. The summed E-state index contributed by atoms with van der Waals surface area (Å²) >= 11 is 0. The highest BCUT2D eigenvalue weighted by molar-refractivity contribution is 5.13. The van der Waals surface area contributed by atoms with E-state index in [1.807, 2.05) is 24.6 Å². The van der Waals surface area contributed by atoms with Crippen molar-refractivity contribution in [1.29, 1.82) is 0 Å². The molecule has 2 heterocycles. The Morgan fingerprint density at radius 1 is 1.24 bits per heavy atom. The third-order valence-electron chi connectivity index (χ3n) is 3.03. The van der Waals surface area contributed by atoms with E-state index in [9.17, 15) is 13.2 Å². The second-order valence-electron chi connectivity index (χ2n) is 5.19. The Balaban J connectivity index is 2.17. The normalized spacial score (nSPS) is 12.1. The van der Waals surface area contributed by atoms with Gasteiger partial charge >= 0.3 is 6.18 Å². The fourth-order valence-corrected chi connectivity index (χ4v) is 2.12. The Bertz CT molecular complexity index is 617. The van der Waals surface area contributed by atoms with Gasteiger partial charge in [-0.2, -0.15) is 13.2 Å². The summed E-state index contributed by atoms with van der Waals surface area (Å²) in [5.41, 5.74) is -0.568. The van der Waals surface area contributed by atoms with Crippen molar-refractivity contribution in [2.24, 2.45) is 0 Å². The van der Waals surface area contributed by atoms with Crippen molar-refractivity contribution in [2.45, 2.75) is 45.8 Å². The predicted molar refractivity (Wildman–Crippen MR) is 71.8 cm³/mol. The first kappa shape index (κ1) is 15.5. The van der Waals surface area contributed by atoms with Crippen LogP contribution in [0.25, 0.3) is 0 Å². The Hall–Kier alpha value is -1.92.